The first-order chi connectivity index (χ1) is 11.1. The van der Waals surface area contributed by atoms with E-state index < -0.39 is 0 Å². The number of amides is 3. The van der Waals surface area contributed by atoms with Crippen molar-refractivity contribution >= 4 is 47.3 Å². The number of rotatable bonds is 4. The van der Waals surface area contributed by atoms with Crippen LogP contribution in [-0.4, -0.2) is 45.5 Å². The molecule has 120 valence electrons. The largest absolute Gasteiger partial charge is 0.336 e. The third-order valence-electron chi connectivity index (χ3n) is 3.35. The zero-order valence-electron chi connectivity index (χ0n) is 12.3. The number of para-hydroxylation sites is 1. The fraction of sp³-hybridized carbons (Fsp3) is 0.286. The number of thioether (sulfide) groups is 1. The molecular formula is C14H14N4O2S3. The van der Waals surface area contributed by atoms with Crippen LogP contribution in [0, 0.1) is 10.9 Å². The van der Waals surface area contributed by atoms with E-state index in [4.69, 9.17) is 12.2 Å². The predicted molar refractivity (Wildman–Crippen MR) is 92.8 cm³/mol. The van der Waals surface area contributed by atoms with Crippen molar-refractivity contribution in [1.82, 2.24) is 20.0 Å². The summed E-state index contributed by atoms with van der Waals surface area (Å²) in [6.07, 6.45) is 0. The minimum Gasteiger partial charge on any atom is -0.336 e. The Hall–Kier alpha value is -1.71. The van der Waals surface area contributed by atoms with Gasteiger partial charge in [0.1, 0.15) is 0 Å². The van der Waals surface area contributed by atoms with E-state index in [0.29, 0.717) is 21.4 Å². The molecule has 0 unspecified atom stereocenters. The highest BCUT2D eigenvalue weighted by Gasteiger charge is 2.26. The zero-order chi connectivity index (χ0) is 16.4. The van der Waals surface area contributed by atoms with Gasteiger partial charge in [-0.25, -0.2) is 9.48 Å². The Bertz CT molecular complexity index is 814. The Morgan fingerprint density at radius 1 is 1.48 bits per heavy atom. The van der Waals surface area contributed by atoms with Gasteiger partial charge in [0.15, 0.2) is 8.29 Å². The molecule has 0 spiro atoms. The molecule has 0 saturated carbocycles. The highest BCUT2D eigenvalue weighted by atomic mass is 32.2. The molecule has 3 rings (SSSR count). The van der Waals surface area contributed by atoms with Gasteiger partial charge in [0, 0.05) is 13.1 Å². The summed E-state index contributed by atoms with van der Waals surface area (Å²) in [6, 6.07) is 7.53. The number of carbonyl (C=O) groups is 2. The van der Waals surface area contributed by atoms with Crippen molar-refractivity contribution in [1.29, 1.82) is 0 Å². The number of hydrogen-bond acceptors (Lipinski definition) is 6. The SMILES string of the molecule is Cc1ccccc1-n1nc(SCC(=O)N2CCNC2=O)sc1=S. The van der Waals surface area contributed by atoms with Crippen LogP contribution in [0.5, 0.6) is 0 Å². The van der Waals surface area contributed by atoms with Crippen LogP contribution in [-0.2, 0) is 4.79 Å². The molecule has 1 aliphatic heterocycles. The standard InChI is InChI=1S/C14H14N4O2S3/c1-9-4-2-3-5-10(9)18-14(21)23-13(16-18)22-8-11(19)17-7-6-15-12(17)20/h2-5H,6-8H2,1H3,(H,15,20). The minimum atomic E-state index is -0.325. The maximum Gasteiger partial charge on any atom is 0.324 e. The topological polar surface area (TPSA) is 67.2 Å². The second kappa shape index (κ2) is 6.81. The van der Waals surface area contributed by atoms with Crippen LogP contribution >= 0.6 is 35.3 Å². The molecule has 0 atom stereocenters. The zero-order valence-corrected chi connectivity index (χ0v) is 14.8. The summed E-state index contributed by atoms with van der Waals surface area (Å²) < 4.78 is 3.06. The number of urea groups is 1. The van der Waals surface area contributed by atoms with Gasteiger partial charge in [0.25, 0.3) is 0 Å². The molecule has 2 aromatic rings. The van der Waals surface area contributed by atoms with Gasteiger partial charge in [0.05, 0.1) is 11.4 Å². The number of nitrogens with one attached hydrogen (secondary N) is 1. The molecule has 0 bridgehead atoms. The van der Waals surface area contributed by atoms with E-state index in [-0.39, 0.29) is 17.7 Å². The number of aryl methyl sites for hydroxylation is 1. The summed E-state index contributed by atoms with van der Waals surface area (Å²) in [5.74, 6) is -0.0442. The number of benzene rings is 1. The second-order valence-electron chi connectivity index (χ2n) is 4.90. The third kappa shape index (κ3) is 3.46. The van der Waals surface area contributed by atoms with E-state index in [1.807, 2.05) is 31.2 Å². The molecule has 0 aliphatic carbocycles. The molecule has 3 amide bonds. The lowest BCUT2D eigenvalue weighted by Crippen LogP contribution is -2.35. The third-order valence-corrected chi connectivity index (χ3v) is 5.70. The van der Waals surface area contributed by atoms with Crippen LogP contribution in [0.2, 0.25) is 0 Å². The van der Waals surface area contributed by atoms with Crippen LogP contribution in [0.25, 0.3) is 5.69 Å². The number of carbonyl (C=O) groups excluding carboxylic acids is 2. The maximum absolute atomic E-state index is 12.0. The molecule has 1 aliphatic rings. The van der Waals surface area contributed by atoms with Crippen LogP contribution < -0.4 is 5.32 Å². The normalized spacial score (nSPS) is 14.1. The molecule has 23 heavy (non-hydrogen) atoms. The molecule has 1 N–H and O–H groups in total. The van der Waals surface area contributed by atoms with Crippen molar-refractivity contribution in [2.45, 2.75) is 11.3 Å². The monoisotopic (exact) mass is 366 g/mol. The average molecular weight is 366 g/mol. The van der Waals surface area contributed by atoms with E-state index in [0.717, 1.165) is 11.3 Å². The summed E-state index contributed by atoms with van der Waals surface area (Å²) in [5, 5.41) is 7.09. The summed E-state index contributed by atoms with van der Waals surface area (Å²) in [5.41, 5.74) is 2.01. The highest BCUT2D eigenvalue weighted by molar-refractivity contribution is 8.01. The van der Waals surface area contributed by atoms with Gasteiger partial charge in [0.2, 0.25) is 5.91 Å². The van der Waals surface area contributed by atoms with Gasteiger partial charge in [-0.05, 0) is 30.8 Å². The van der Waals surface area contributed by atoms with E-state index in [2.05, 4.69) is 10.4 Å². The number of aromatic nitrogens is 2. The first-order valence-corrected chi connectivity index (χ1v) is 9.14. The number of nitrogens with zero attached hydrogens (tertiary/aromatic N) is 3. The first kappa shape index (κ1) is 16.2. The molecular weight excluding hydrogens is 352 g/mol. The van der Waals surface area contributed by atoms with Gasteiger partial charge < -0.3 is 5.32 Å². The number of imide groups is 1. The van der Waals surface area contributed by atoms with Gasteiger partial charge in [-0.3, -0.25) is 9.69 Å². The lowest BCUT2D eigenvalue weighted by molar-refractivity contribution is -0.124. The van der Waals surface area contributed by atoms with E-state index in [1.165, 1.54) is 28.0 Å². The van der Waals surface area contributed by atoms with Gasteiger partial charge in [-0.15, -0.1) is 5.10 Å². The predicted octanol–water partition coefficient (Wildman–Crippen LogP) is 2.62. The van der Waals surface area contributed by atoms with Crippen molar-refractivity contribution < 1.29 is 9.59 Å². The highest BCUT2D eigenvalue weighted by Crippen LogP contribution is 2.25. The lowest BCUT2D eigenvalue weighted by atomic mass is 10.2. The number of hydrogen-bond donors (Lipinski definition) is 1. The lowest BCUT2D eigenvalue weighted by Gasteiger charge is -2.10. The summed E-state index contributed by atoms with van der Waals surface area (Å²) in [7, 11) is 0. The molecule has 6 nitrogen and oxygen atoms in total. The van der Waals surface area contributed by atoms with Gasteiger partial charge >= 0.3 is 6.03 Å². The Morgan fingerprint density at radius 3 is 2.96 bits per heavy atom. The minimum absolute atomic E-state index is 0.170. The summed E-state index contributed by atoms with van der Waals surface area (Å²) in [6.45, 7) is 2.93. The Kier molecular flexibility index (Phi) is 4.79. The molecule has 0 radical (unpaired) electrons. The molecule has 9 heteroatoms. The van der Waals surface area contributed by atoms with Crippen LogP contribution in [0.4, 0.5) is 4.79 Å². The Labute approximate surface area is 146 Å². The molecule has 1 saturated heterocycles. The van der Waals surface area contributed by atoms with E-state index in [1.54, 1.807) is 4.68 Å². The van der Waals surface area contributed by atoms with Crippen molar-refractivity contribution in [3.05, 3.63) is 33.8 Å². The average Bonchev–Trinajstić information content (AvgIpc) is 3.11. The Morgan fingerprint density at radius 2 is 2.26 bits per heavy atom. The summed E-state index contributed by atoms with van der Waals surface area (Å²) in [4.78, 5) is 24.7. The van der Waals surface area contributed by atoms with Gasteiger partial charge in [-0.2, -0.15) is 0 Å². The van der Waals surface area contributed by atoms with Crippen LogP contribution in [0.1, 0.15) is 5.56 Å². The smallest absolute Gasteiger partial charge is 0.324 e. The molecule has 2 heterocycles. The van der Waals surface area contributed by atoms with Crippen molar-refractivity contribution in [3.63, 3.8) is 0 Å². The molecule has 1 fully saturated rings. The summed E-state index contributed by atoms with van der Waals surface area (Å²) >= 11 is 8.03. The van der Waals surface area contributed by atoms with Crippen LogP contribution in [0.3, 0.4) is 0 Å². The van der Waals surface area contributed by atoms with E-state index in [9.17, 15) is 9.59 Å². The fourth-order valence-corrected chi connectivity index (χ4v) is 4.41. The molecule has 1 aromatic heterocycles. The maximum atomic E-state index is 12.0. The van der Waals surface area contributed by atoms with Crippen molar-refractivity contribution in [2.24, 2.45) is 0 Å². The van der Waals surface area contributed by atoms with Gasteiger partial charge in [-0.1, -0.05) is 41.3 Å². The Balaban J connectivity index is 1.72. The van der Waals surface area contributed by atoms with Crippen LogP contribution in [0.15, 0.2) is 28.6 Å². The van der Waals surface area contributed by atoms with Crippen molar-refractivity contribution in [3.8, 4) is 5.69 Å². The van der Waals surface area contributed by atoms with Crippen molar-refractivity contribution in [2.75, 3.05) is 18.8 Å². The van der Waals surface area contributed by atoms with E-state index >= 15 is 0 Å². The first-order valence-electron chi connectivity index (χ1n) is 6.93. The molecule has 1 aromatic carbocycles. The second-order valence-corrected chi connectivity index (χ2v) is 7.74. The quantitative estimate of drug-likeness (QED) is 0.665. The fourth-order valence-electron chi connectivity index (χ4n) is 2.18.